The maximum atomic E-state index is 11.7. The third-order valence-electron chi connectivity index (χ3n) is 4.06. The molecule has 138 valence electrons. The van der Waals surface area contributed by atoms with E-state index in [2.05, 4.69) is 36.4 Å². The largest absolute Gasteiger partial charge is 0.457 e. The average molecular weight is 421 g/mol. The molecule has 0 aliphatic heterocycles. The molecule has 1 aromatic carbocycles. The van der Waals surface area contributed by atoms with E-state index in [1.807, 2.05) is 24.3 Å². The van der Waals surface area contributed by atoms with E-state index in [4.69, 9.17) is 4.74 Å². The van der Waals surface area contributed by atoms with Gasteiger partial charge in [0.25, 0.3) is 0 Å². The summed E-state index contributed by atoms with van der Waals surface area (Å²) < 4.78 is 6.19. The van der Waals surface area contributed by atoms with E-state index in [0.717, 1.165) is 22.9 Å². The summed E-state index contributed by atoms with van der Waals surface area (Å²) in [7, 11) is 0. The minimum Gasteiger partial charge on any atom is -0.457 e. The molecule has 1 aliphatic rings. The molecule has 0 saturated heterocycles. The van der Waals surface area contributed by atoms with Crippen molar-refractivity contribution in [3.05, 3.63) is 46.0 Å². The zero-order chi connectivity index (χ0) is 18.4. The summed E-state index contributed by atoms with van der Waals surface area (Å²) in [5.74, 6) is 1.14. The van der Waals surface area contributed by atoms with Crippen LogP contribution >= 0.6 is 15.9 Å². The van der Waals surface area contributed by atoms with Crippen molar-refractivity contribution in [2.75, 3.05) is 6.54 Å². The Morgan fingerprint density at radius 1 is 1.31 bits per heavy atom. The van der Waals surface area contributed by atoms with Gasteiger partial charge < -0.3 is 10.1 Å². The zero-order valence-corrected chi connectivity index (χ0v) is 15.9. The number of halogens is 1. The van der Waals surface area contributed by atoms with Gasteiger partial charge in [0.15, 0.2) is 18.3 Å². The number of carbonyl (C=O) groups excluding carboxylic acids is 2. The number of rotatable bonds is 9. The van der Waals surface area contributed by atoms with Gasteiger partial charge in [-0.3, -0.25) is 14.7 Å². The van der Waals surface area contributed by atoms with Gasteiger partial charge in [-0.2, -0.15) is 5.10 Å². The summed E-state index contributed by atoms with van der Waals surface area (Å²) in [4.78, 5) is 27.6. The quantitative estimate of drug-likeness (QED) is 0.479. The molecule has 0 atom stereocenters. The molecule has 1 aliphatic carbocycles. The first-order valence-corrected chi connectivity index (χ1v) is 9.48. The number of benzene rings is 1. The monoisotopic (exact) mass is 420 g/mol. The fourth-order valence-corrected chi connectivity index (χ4v) is 2.87. The zero-order valence-electron chi connectivity index (χ0n) is 14.3. The van der Waals surface area contributed by atoms with Crippen LogP contribution in [-0.2, 0) is 27.4 Å². The van der Waals surface area contributed by atoms with Crippen LogP contribution < -0.4 is 5.32 Å². The lowest BCUT2D eigenvalue weighted by Gasteiger charge is -2.04. The van der Waals surface area contributed by atoms with Crippen molar-refractivity contribution < 1.29 is 14.3 Å². The first-order chi connectivity index (χ1) is 12.6. The number of H-pyrrole nitrogens is 1. The van der Waals surface area contributed by atoms with Gasteiger partial charge in [0.05, 0.1) is 0 Å². The van der Waals surface area contributed by atoms with Gasteiger partial charge in [0.2, 0.25) is 5.91 Å². The summed E-state index contributed by atoms with van der Waals surface area (Å²) in [6.07, 6.45) is 3.39. The molecular formula is C18H21BrN4O3. The molecule has 1 saturated carbocycles. The van der Waals surface area contributed by atoms with Gasteiger partial charge in [0, 0.05) is 29.8 Å². The van der Waals surface area contributed by atoms with E-state index in [9.17, 15) is 9.59 Å². The Hall–Kier alpha value is -2.22. The van der Waals surface area contributed by atoms with Crippen molar-refractivity contribution in [3.8, 4) is 0 Å². The molecule has 2 aromatic rings. The number of carbonyl (C=O) groups is 2. The summed E-state index contributed by atoms with van der Waals surface area (Å²) in [5, 5.41) is 9.77. The summed E-state index contributed by atoms with van der Waals surface area (Å²) >= 11 is 3.50. The molecule has 7 nitrogen and oxygen atoms in total. The first kappa shape index (κ1) is 18.6. The van der Waals surface area contributed by atoms with E-state index >= 15 is 0 Å². The second kappa shape index (κ2) is 8.93. The highest BCUT2D eigenvalue weighted by Crippen LogP contribution is 2.28. The van der Waals surface area contributed by atoms with E-state index in [-0.39, 0.29) is 30.8 Å². The summed E-state index contributed by atoms with van der Waals surface area (Å²) in [5.41, 5.74) is 1.09. The maximum Gasteiger partial charge on any atom is 0.306 e. The number of hydrogen-bond acceptors (Lipinski definition) is 5. The van der Waals surface area contributed by atoms with Crippen LogP contribution in [0.5, 0.6) is 0 Å². The van der Waals surface area contributed by atoms with Crippen LogP contribution in [0.15, 0.2) is 28.7 Å². The molecule has 0 unspecified atom stereocenters. The summed E-state index contributed by atoms with van der Waals surface area (Å²) in [6, 6.07) is 7.89. The lowest BCUT2D eigenvalue weighted by molar-refractivity contribution is -0.145. The third kappa shape index (κ3) is 5.66. The number of ether oxygens (including phenoxy) is 1. The van der Waals surface area contributed by atoms with Crippen molar-refractivity contribution in [1.29, 1.82) is 0 Å². The first-order valence-electron chi connectivity index (χ1n) is 8.68. The number of aromatic nitrogens is 3. The Bertz CT molecular complexity index is 773. The molecule has 0 bridgehead atoms. The molecule has 26 heavy (non-hydrogen) atoms. The number of nitrogens with zero attached hydrogens (tertiary/aromatic N) is 2. The van der Waals surface area contributed by atoms with Crippen molar-refractivity contribution in [3.63, 3.8) is 0 Å². The molecule has 1 heterocycles. The average Bonchev–Trinajstić information content (AvgIpc) is 3.39. The van der Waals surface area contributed by atoms with Gasteiger partial charge in [-0.1, -0.05) is 34.1 Å². The lowest BCUT2D eigenvalue weighted by Crippen LogP contribution is -2.26. The van der Waals surface area contributed by atoms with Gasteiger partial charge in [-0.15, -0.1) is 0 Å². The molecule has 1 amide bonds. The van der Waals surface area contributed by atoms with E-state index < -0.39 is 0 Å². The number of amides is 1. The standard InChI is InChI=1S/C18H21BrN4O3/c19-14-5-2-1-4-13(14)10-15-21-16(23-22-15)11-26-17(24)6-3-9-20-18(25)12-7-8-12/h1-2,4-5,12H,3,6-11H2,(H,20,25)(H,21,22,23). The van der Waals surface area contributed by atoms with Gasteiger partial charge in [-0.25, -0.2) is 4.98 Å². The second-order valence-corrected chi connectivity index (χ2v) is 7.15. The molecule has 2 N–H and O–H groups in total. The van der Waals surface area contributed by atoms with Crippen LogP contribution in [0.3, 0.4) is 0 Å². The third-order valence-corrected chi connectivity index (χ3v) is 4.83. The van der Waals surface area contributed by atoms with Gasteiger partial charge in [0.1, 0.15) is 0 Å². The molecule has 3 rings (SSSR count). The number of hydrogen-bond donors (Lipinski definition) is 2. The maximum absolute atomic E-state index is 11.7. The number of esters is 1. The van der Waals surface area contributed by atoms with E-state index in [1.165, 1.54) is 0 Å². The highest BCUT2D eigenvalue weighted by atomic mass is 79.9. The Labute approximate surface area is 160 Å². The van der Waals surface area contributed by atoms with Crippen LogP contribution in [0.4, 0.5) is 0 Å². The van der Waals surface area contributed by atoms with Gasteiger partial charge in [-0.05, 0) is 30.9 Å². The van der Waals surface area contributed by atoms with Crippen molar-refractivity contribution >= 4 is 27.8 Å². The predicted molar refractivity (Wildman–Crippen MR) is 98.1 cm³/mol. The molecule has 1 aromatic heterocycles. The van der Waals surface area contributed by atoms with Crippen LogP contribution in [-0.4, -0.2) is 33.6 Å². The van der Waals surface area contributed by atoms with Crippen LogP contribution in [0.2, 0.25) is 0 Å². The van der Waals surface area contributed by atoms with Crippen molar-refractivity contribution in [1.82, 2.24) is 20.5 Å². The SMILES string of the molecule is O=C(CCCNC(=O)C1CC1)OCc1nc(Cc2ccccc2Br)n[nH]1. The number of nitrogens with one attached hydrogen (secondary N) is 2. The minimum atomic E-state index is -0.311. The van der Waals surface area contributed by atoms with E-state index in [0.29, 0.717) is 31.0 Å². The normalized spacial score (nSPS) is 13.4. The molecule has 1 fully saturated rings. The molecular weight excluding hydrogens is 400 g/mol. The molecule has 0 spiro atoms. The van der Waals surface area contributed by atoms with Crippen LogP contribution in [0, 0.1) is 5.92 Å². The van der Waals surface area contributed by atoms with Gasteiger partial charge >= 0.3 is 5.97 Å². The minimum absolute atomic E-state index is 0.0657. The fraction of sp³-hybridized carbons (Fsp3) is 0.444. The van der Waals surface area contributed by atoms with E-state index in [1.54, 1.807) is 0 Å². The predicted octanol–water partition coefficient (Wildman–Crippen LogP) is 2.51. The Balaban J connectivity index is 1.35. The van der Waals surface area contributed by atoms with Crippen LogP contribution in [0.25, 0.3) is 0 Å². The van der Waals surface area contributed by atoms with Crippen molar-refractivity contribution in [2.45, 2.75) is 38.7 Å². The Kier molecular flexibility index (Phi) is 6.38. The molecule has 8 heteroatoms. The fourth-order valence-electron chi connectivity index (χ4n) is 2.45. The smallest absolute Gasteiger partial charge is 0.306 e. The molecule has 0 radical (unpaired) electrons. The highest BCUT2D eigenvalue weighted by Gasteiger charge is 2.29. The Morgan fingerprint density at radius 2 is 2.12 bits per heavy atom. The second-order valence-electron chi connectivity index (χ2n) is 6.30. The highest BCUT2D eigenvalue weighted by molar-refractivity contribution is 9.10. The summed E-state index contributed by atoms with van der Waals surface area (Å²) in [6.45, 7) is 0.569. The van der Waals surface area contributed by atoms with Crippen molar-refractivity contribution in [2.24, 2.45) is 5.92 Å². The number of aromatic amines is 1. The topological polar surface area (TPSA) is 97.0 Å². The van der Waals surface area contributed by atoms with Crippen LogP contribution in [0.1, 0.15) is 42.9 Å². The Morgan fingerprint density at radius 3 is 2.88 bits per heavy atom. The lowest BCUT2D eigenvalue weighted by atomic mass is 10.1.